The highest BCUT2D eigenvalue weighted by Crippen LogP contribution is 2.29. The quantitative estimate of drug-likeness (QED) is 0.0776. The van der Waals surface area contributed by atoms with Crippen molar-refractivity contribution < 1.29 is 38.8 Å². The maximum absolute atomic E-state index is 11.9. The predicted octanol–water partition coefficient (Wildman–Crippen LogP) is 6.75. The third-order valence-electron chi connectivity index (χ3n) is 7.12. The lowest BCUT2D eigenvalue weighted by Gasteiger charge is -2.12. The van der Waals surface area contributed by atoms with E-state index in [2.05, 4.69) is 0 Å². The number of ketones is 1. The fourth-order valence-electron chi connectivity index (χ4n) is 4.97. The Balaban J connectivity index is 1.33. The Morgan fingerprint density at radius 2 is 1.57 bits per heavy atom. The van der Waals surface area contributed by atoms with Crippen LogP contribution in [0, 0.1) is 0 Å². The Hall–Kier alpha value is -5.05. The summed E-state index contributed by atoms with van der Waals surface area (Å²) >= 11 is 0. The molecule has 0 amide bonds. The molecule has 0 aliphatic carbocycles. The monoisotopic (exact) mass is 599 g/mol. The number of fused-ring (bicyclic) bond motifs is 1. The van der Waals surface area contributed by atoms with Crippen molar-refractivity contribution in [2.45, 2.75) is 45.6 Å². The van der Waals surface area contributed by atoms with Gasteiger partial charge in [-0.05, 0) is 73.2 Å². The molecule has 9 nitrogen and oxygen atoms in total. The molecule has 4 aromatic rings. The average Bonchev–Trinajstić information content (AvgIpc) is 3.34. The van der Waals surface area contributed by atoms with Crippen LogP contribution in [0.3, 0.4) is 0 Å². The van der Waals surface area contributed by atoms with Crippen LogP contribution < -0.4 is 14.2 Å². The van der Waals surface area contributed by atoms with E-state index in [4.69, 9.17) is 19.3 Å². The molecule has 230 valence electrons. The number of unbranched alkanes of at least 4 members (excludes halogenated alkanes) is 1. The number of carbonyl (C=O) groups is 3. The van der Waals surface area contributed by atoms with Crippen molar-refractivity contribution in [1.29, 1.82) is 0 Å². The van der Waals surface area contributed by atoms with E-state index < -0.39 is 11.9 Å². The van der Waals surface area contributed by atoms with E-state index in [1.807, 2.05) is 65.4 Å². The largest absolute Gasteiger partial charge is 0.497 e. The van der Waals surface area contributed by atoms with Crippen molar-refractivity contribution in [3.8, 4) is 17.2 Å². The second-order valence-electron chi connectivity index (χ2n) is 10.4. The highest BCUT2D eigenvalue weighted by atomic mass is 16.5. The van der Waals surface area contributed by atoms with Crippen LogP contribution in [-0.4, -0.2) is 52.8 Å². The number of hydrogen-bond acceptors (Lipinski definition) is 6. The Labute approximate surface area is 256 Å². The zero-order valence-corrected chi connectivity index (χ0v) is 25.0. The highest BCUT2D eigenvalue weighted by Gasteiger charge is 2.14. The molecule has 0 radical (unpaired) electrons. The van der Waals surface area contributed by atoms with E-state index in [0.717, 1.165) is 40.6 Å². The number of carboxylic acids is 2. The van der Waals surface area contributed by atoms with Crippen LogP contribution in [0.25, 0.3) is 23.1 Å². The number of ether oxygens (including phenoxy) is 3. The molecule has 0 spiro atoms. The van der Waals surface area contributed by atoms with Gasteiger partial charge in [-0.3, -0.25) is 14.4 Å². The van der Waals surface area contributed by atoms with Crippen LogP contribution >= 0.6 is 0 Å². The fraction of sp³-hybridized carbons (Fsp3) is 0.286. The first-order chi connectivity index (χ1) is 21.2. The summed E-state index contributed by atoms with van der Waals surface area (Å²) in [6, 6.07) is 18.7. The van der Waals surface area contributed by atoms with Crippen molar-refractivity contribution in [2.75, 3.05) is 20.3 Å². The van der Waals surface area contributed by atoms with Gasteiger partial charge in [-0.25, -0.2) is 0 Å². The lowest BCUT2D eigenvalue weighted by Crippen LogP contribution is -2.05. The molecule has 2 N–H and O–H groups in total. The van der Waals surface area contributed by atoms with Gasteiger partial charge in [-0.2, -0.15) is 0 Å². The minimum atomic E-state index is -0.921. The van der Waals surface area contributed by atoms with Crippen molar-refractivity contribution >= 4 is 40.8 Å². The zero-order valence-electron chi connectivity index (χ0n) is 25.0. The van der Waals surface area contributed by atoms with Crippen LogP contribution in [-0.2, 0) is 22.6 Å². The number of carboxylic acid groups (broad SMARTS) is 2. The van der Waals surface area contributed by atoms with Gasteiger partial charge < -0.3 is 29.0 Å². The summed E-state index contributed by atoms with van der Waals surface area (Å²) in [7, 11) is 1.57. The first kappa shape index (κ1) is 31.9. The van der Waals surface area contributed by atoms with Crippen LogP contribution in [0.1, 0.15) is 59.7 Å². The molecule has 1 aromatic heterocycles. The second-order valence-corrected chi connectivity index (χ2v) is 10.4. The van der Waals surface area contributed by atoms with Gasteiger partial charge in [0.25, 0.3) is 0 Å². The minimum Gasteiger partial charge on any atom is -0.497 e. The van der Waals surface area contributed by atoms with E-state index in [0.29, 0.717) is 48.8 Å². The van der Waals surface area contributed by atoms with Crippen LogP contribution in [0.5, 0.6) is 17.2 Å². The Kier molecular flexibility index (Phi) is 11.2. The molecule has 0 fully saturated rings. The van der Waals surface area contributed by atoms with Gasteiger partial charge in [0.05, 0.1) is 32.3 Å². The summed E-state index contributed by atoms with van der Waals surface area (Å²) in [5, 5.41) is 19.3. The average molecular weight is 600 g/mol. The smallest absolute Gasteiger partial charge is 0.307 e. The van der Waals surface area contributed by atoms with Gasteiger partial charge in [-0.15, -0.1) is 0 Å². The number of benzene rings is 3. The maximum Gasteiger partial charge on any atom is 0.307 e. The first-order valence-electron chi connectivity index (χ1n) is 14.5. The second kappa shape index (κ2) is 15.4. The number of aryl methyl sites for hydroxylation is 1. The molecule has 0 saturated carbocycles. The van der Waals surface area contributed by atoms with Gasteiger partial charge in [-0.1, -0.05) is 36.4 Å². The summed E-state index contributed by atoms with van der Waals surface area (Å²) < 4.78 is 18.9. The number of aliphatic carboxylic acids is 2. The molecule has 0 aliphatic rings. The molecule has 0 atom stereocenters. The van der Waals surface area contributed by atoms with Crippen LogP contribution in [0.4, 0.5) is 0 Å². The number of nitrogens with zero attached hydrogens (tertiary/aromatic N) is 1. The zero-order chi connectivity index (χ0) is 31.5. The number of hydrogen-bond donors (Lipinski definition) is 2. The number of methoxy groups -OCH3 is 1. The van der Waals surface area contributed by atoms with E-state index in [-0.39, 0.29) is 18.6 Å². The predicted molar refractivity (Wildman–Crippen MR) is 169 cm³/mol. The first-order valence-corrected chi connectivity index (χ1v) is 14.5. The Morgan fingerprint density at radius 3 is 2.25 bits per heavy atom. The molecule has 44 heavy (non-hydrogen) atoms. The minimum absolute atomic E-state index is 0.0505. The Bertz CT molecular complexity index is 1630. The van der Waals surface area contributed by atoms with Gasteiger partial charge in [0.2, 0.25) is 0 Å². The summed E-state index contributed by atoms with van der Waals surface area (Å²) in [4.78, 5) is 34.4. The van der Waals surface area contributed by atoms with Crippen molar-refractivity contribution in [3.63, 3.8) is 0 Å². The molecule has 4 rings (SSSR count). The molecule has 0 unspecified atom stereocenters. The molecule has 3 aromatic carbocycles. The van der Waals surface area contributed by atoms with Crippen molar-refractivity contribution in [1.82, 2.24) is 4.57 Å². The van der Waals surface area contributed by atoms with Crippen molar-refractivity contribution in [2.24, 2.45) is 0 Å². The van der Waals surface area contributed by atoms with E-state index in [1.54, 1.807) is 25.3 Å². The number of aromatic nitrogens is 1. The standard InChI is InChI=1S/C35H37NO8/c1-24(37)30-17-16-29(42-2)22-32(30)44-20-4-3-19-43-28-14-11-25(12-15-28)10-13-26-7-5-8-31-35(26)27(21-34(40)41)23-36(31)18-6-9-33(38)39/h5,7-8,10-17,22-23H,3-4,6,9,18-21H2,1-2H3,(H,38,39)(H,40,41). The van der Waals surface area contributed by atoms with Gasteiger partial charge >= 0.3 is 11.9 Å². The summed E-state index contributed by atoms with van der Waals surface area (Å²) in [6.07, 6.45) is 7.67. The molecule has 0 aliphatic heterocycles. The highest BCUT2D eigenvalue weighted by molar-refractivity contribution is 5.97. The number of carbonyl (C=O) groups excluding carboxylic acids is 1. The number of Topliss-reactive ketones (excluding diaryl/α,β-unsaturated/α-hetero) is 1. The van der Waals surface area contributed by atoms with Crippen LogP contribution in [0.2, 0.25) is 0 Å². The summed E-state index contributed by atoms with van der Waals surface area (Å²) in [5.41, 5.74) is 3.95. The third kappa shape index (κ3) is 8.73. The summed E-state index contributed by atoms with van der Waals surface area (Å²) in [6.45, 7) is 2.98. The molecule has 0 bridgehead atoms. The Morgan fingerprint density at radius 1 is 0.841 bits per heavy atom. The molecule has 1 heterocycles. The normalized spacial score (nSPS) is 11.1. The van der Waals surface area contributed by atoms with Crippen molar-refractivity contribution in [3.05, 3.63) is 89.1 Å². The molecule has 0 saturated heterocycles. The van der Waals surface area contributed by atoms with Gasteiger partial charge in [0.15, 0.2) is 5.78 Å². The molecule has 9 heteroatoms. The fourth-order valence-corrected chi connectivity index (χ4v) is 4.97. The lowest BCUT2D eigenvalue weighted by atomic mass is 10.0. The summed E-state index contributed by atoms with van der Waals surface area (Å²) in [5.74, 6) is 0.0649. The van der Waals surface area contributed by atoms with E-state index in [1.165, 1.54) is 6.92 Å². The lowest BCUT2D eigenvalue weighted by molar-refractivity contribution is -0.137. The van der Waals surface area contributed by atoms with Gasteiger partial charge in [0.1, 0.15) is 17.2 Å². The van der Waals surface area contributed by atoms with Crippen LogP contribution in [0.15, 0.2) is 66.9 Å². The molecular weight excluding hydrogens is 562 g/mol. The SMILES string of the molecule is COc1ccc(C(C)=O)c(OCCCCOc2ccc(C=Cc3cccc4c3c(CC(=O)O)cn4CCCC(=O)O)cc2)c1. The number of rotatable bonds is 17. The maximum atomic E-state index is 11.9. The molecular formula is C35H37NO8. The third-order valence-corrected chi connectivity index (χ3v) is 7.12. The van der Waals surface area contributed by atoms with E-state index >= 15 is 0 Å². The van der Waals surface area contributed by atoms with E-state index in [9.17, 15) is 19.5 Å². The topological polar surface area (TPSA) is 124 Å². The van der Waals surface area contributed by atoms with Gasteiger partial charge in [0, 0.05) is 36.1 Å².